The SMILES string of the molecule is C[C@@]12C(=CC(=O)[C@@H]3CC31)C1(CC1)CC1C2CC[C@@]2(C)C1[C@@H]1C[C@@H]1[C@@]21CCC(=O)O1. The van der Waals surface area contributed by atoms with Gasteiger partial charge in [-0.15, -0.1) is 0 Å². The van der Waals surface area contributed by atoms with Crippen molar-refractivity contribution in [3.8, 4) is 0 Å². The van der Waals surface area contributed by atoms with Crippen LogP contribution in [0.5, 0.6) is 0 Å². The first-order valence-corrected chi connectivity index (χ1v) is 12.3. The largest absolute Gasteiger partial charge is 0.458 e. The van der Waals surface area contributed by atoms with Crippen molar-refractivity contribution < 1.29 is 14.3 Å². The quantitative estimate of drug-likeness (QED) is 0.562. The molecule has 0 amide bonds. The van der Waals surface area contributed by atoms with Crippen LogP contribution in [0.15, 0.2) is 11.6 Å². The van der Waals surface area contributed by atoms with E-state index in [0.717, 1.165) is 36.5 Å². The maximum absolute atomic E-state index is 12.7. The molecule has 0 aromatic carbocycles. The lowest BCUT2D eigenvalue weighted by Gasteiger charge is -2.62. The predicted molar refractivity (Wildman–Crippen MR) is 107 cm³/mol. The normalized spacial score (nSPS) is 61.9. The molecular formula is C26H32O3. The molecule has 0 aromatic rings. The van der Waals surface area contributed by atoms with Crippen molar-refractivity contribution in [2.45, 2.75) is 77.2 Å². The van der Waals surface area contributed by atoms with Crippen LogP contribution < -0.4 is 0 Å². The van der Waals surface area contributed by atoms with Crippen LogP contribution in [0, 0.1) is 57.7 Å². The second-order valence-electron chi connectivity index (χ2n) is 12.8. The molecule has 0 bridgehead atoms. The molecule has 0 aromatic heterocycles. The van der Waals surface area contributed by atoms with Crippen molar-refractivity contribution in [1.82, 2.24) is 0 Å². The molecule has 29 heavy (non-hydrogen) atoms. The number of rotatable bonds is 0. The minimum absolute atomic E-state index is 0.0609. The molecule has 4 unspecified atom stereocenters. The highest BCUT2D eigenvalue weighted by molar-refractivity contribution is 5.96. The third-order valence-electron chi connectivity index (χ3n) is 12.2. The van der Waals surface area contributed by atoms with Gasteiger partial charge in [-0.25, -0.2) is 0 Å². The van der Waals surface area contributed by atoms with Crippen LogP contribution >= 0.6 is 0 Å². The van der Waals surface area contributed by atoms with Crippen molar-refractivity contribution in [3.63, 3.8) is 0 Å². The number of hydrogen-bond acceptors (Lipinski definition) is 3. The molecule has 154 valence electrons. The Morgan fingerprint density at radius 3 is 2.52 bits per heavy atom. The van der Waals surface area contributed by atoms with Crippen LogP contribution in [0.3, 0.4) is 0 Å². The second-order valence-corrected chi connectivity index (χ2v) is 12.8. The van der Waals surface area contributed by atoms with Crippen molar-refractivity contribution in [1.29, 1.82) is 0 Å². The van der Waals surface area contributed by atoms with E-state index in [1.807, 2.05) is 0 Å². The van der Waals surface area contributed by atoms with E-state index in [2.05, 4.69) is 19.9 Å². The van der Waals surface area contributed by atoms with E-state index >= 15 is 0 Å². The fraction of sp³-hybridized carbons (Fsp3) is 0.846. The van der Waals surface area contributed by atoms with E-state index in [4.69, 9.17) is 4.74 Å². The highest BCUT2D eigenvalue weighted by atomic mass is 16.6. The van der Waals surface area contributed by atoms with Gasteiger partial charge in [0.05, 0.1) is 0 Å². The number of carbonyl (C=O) groups is 2. The second kappa shape index (κ2) is 4.41. The molecule has 0 radical (unpaired) electrons. The molecule has 3 heteroatoms. The van der Waals surface area contributed by atoms with E-state index in [9.17, 15) is 9.59 Å². The zero-order valence-electron chi connectivity index (χ0n) is 17.7. The molecule has 8 rings (SSSR count). The topological polar surface area (TPSA) is 43.4 Å². The molecule has 8 aliphatic rings. The van der Waals surface area contributed by atoms with Gasteiger partial charge in [-0.1, -0.05) is 19.4 Å². The number of esters is 1. The Kier molecular flexibility index (Phi) is 2.52. The first kappa shape index (κ1) is 16.6. The van der Waals surface area contributed by atoms with E-state index < -0.39 is 0 Å². The van der Waals surface area contributed by atoms with E-state index in [0.29, 0.717) is 35.4 Å². The van der Waals surface area contributed by atoms with Crippen molar-refractivity contribution in [3.05, 3.63) is 11.6 Å². The van der Waals surface area contributed by atoms with Gasteiger partial charge >= 0.3 is 5.97 Å². The summed E-state index contributed by atoms with van der Waals surface area (Å²) in [6.45, 7) is 5.08. The summed E-state index contributed by atoms with van der Waals surface area (Å²) in [6, 6.07) is 0. The smallest absolute Gasteiger partial charge is 0.306 e. The standard InChI is InChI=1S/C26H32O3/c1-23-5-3-16-15(22(23)14-10-18(14)26(23)6-4-21(28)29-26)12-25(7-8-25)20-11-19(27)13-9-17(13)24(16,20)2/h11,13-18,22H,3-10,12H2,1-2H3/t13-,14-,15?,16?,17?,18+,22?,23+,24+,26+/m1/s1. The minimum Gasteiger partial charge on any atom is -0.458 e. The van der Waals surface area contributed by atoms with Gasteiger partial charge in [0, 0.05) is 23.7 Å². The van der Waals surface area contributed by atoms with Crippen LogP contribution in [0.2, 0.25) is 0 Å². The molecule has 1 aliphatic heterocycles. The number of ketones is 1. The Balaban J connectivity index is 1.26. The average molecular weight is 393 g/mol. The number of carbonyl (C=O) groups excluding carboxylic acids is 2. The Labute approximate surface area is 173 Å². The first-order valence-electron chi connectivity index (χ1n) is 12.3. The average Bonchev–Trinajstić information content (AvgIpc) is 3.57. The zero-order valence-corrected chi connectivity index (χ0v) is 17.7. The Morgan fingerprint density at radius 2 is 1.79 bits per heavy atom. The van der Waals surface area contributed by atoms with Crippen molar-refractivity contribution in [2.24, 2.45) is 57.7 Å². The molecule has 10 atom stereocenters. The summed E-state index contributed by atoms with van der Waals surface area (Å²) in [4.78, 5) is 24.9. The highest BCUT2D eigenvalue weighted by Crippen LogP contribution is 2.83. The Bertz CT molecular complexity index is 928. The lowest BCUT2D eigenvalue weighted by molar-refractivity contribution is -0.178. The lowest BCUT2D eigenvalue weighted by Crippen LogP contribution is -2.58. The summed E-state index contributed by atoms with van der Waals surface area (Å²) in [5.41, 5.74) is 2.26. The van der Waals surface area contributed by atoms with Gasteiger partial charge in [-0.05, 0) is 97.9 Å². The third kappa shape index (κ3) is 1.57. The fourth-order valence-electron chi connectivity index (χ4n) is 10.8. The molecule has 2 spiro atoms. The summed E-state index contributed by atoms with van der Waals surface area (Å²) < 4.78 is 6.26. The predicted octanol–water partition coefficient (Wildman–Crippen LogP) is 4.70. The summed E-state index contributed by atoms with van der Waals surface area (Å²) in [5.74, 6) is 5.18. The molecule has 3 nitrogen and oxygen atoms in total. The maximum atomic E-state index is 12.7. The summed E-state index contributed by atoms with van der Waals surface area (Å²) in [5, 5.41) is 0. The fourth-order valence-corrected chi connectivity index (χ4v) is 10.8. The number of hydrogen-bond donors (Lipinski definition) is 0. The third-order valence-corrected chi connectivity index (χ3v) is 12.2. The van der Waals surface area contributed by atoms with Gasteiger partial charge in [0.1, 0.15) is 5.60 Å². The summed E-state index contributed by atoms with van der Waals surface area (Å²) >= 11 is 0. The van der Waals surface area contributed by atoms with Crippen LogP contribution in [-0.4, -0.2) is 17.4 Å². The number of ether oxygens (including phenoxy) is 1. The highest BCUT2D eigenvalue weighted by Gasteiger charge is 2.81. The van der Waals surface area contributed by atoms with Gasteiger partial charge in [0.15, 0.2) is 5.78 Å². The summed E-state index contributed by atoms with van der Waals surface area (Å²) in [6.07, 6.45) is 12.6. The van der Waals surface area contributed by atoms with E-state index in [-0.39, 0.29) is 22.4 Å². The van der Waals surface area contributed by atoms with E-state index in [1.165, 1.54) is 38.5 Å². The van der Waals surface area contributed by atoms with Crippen LogP contribution in [0.4, 0.5) is 0 Å². The minimum atomic E-state index is -0.136. The monoisotopic (exact) mass is 392 g/mol. The lowest BCUT2D eigenvalue weighted by atomic mass is 9.42. The number of fused-ring (bicyclic) bond motifs is 12. The van der Waals surface area contributed by atoms with Crippen molar-refractivity contribution in [2.75, 3.05) is 0 Å². The molecule has 1 saturated heterocycles. The van der Waals surface area contributed by atoms with Crippen molar-refractivity contribution >= 4 is 11.8 Å². The zero-order chi connectivity index (χ0) is 19.6. The van der Waals surface area contributed by atoms with Gasteiger partial charge in [0.2, 0.25) is 0 Å². The van der Waals surface area contributed by atoms with Gasteiger partial charge in [0.25, 0.3) is 0 Å². The Hall–Kier alpha value is -1.12. The molecule has 0 N–H and O–H groups in total. The van der Waals surface area contributed by atoms with Crippen LogP contribution in [0.1, 0.15) is 71.6 Å². The first-order chi connectivity index (χ1) is 13.8. The van der Waals surface area contributed by atoms with Crippen LogP contribution in [-0.2, 0) is 14.3 Å². The molecule has 7 aliphatic carbocycles. The molecule has 1 heterocycles. The molecular weight excluding hydrogens is 360 g/mol. The van der Waals surface area contributed by atoms with Crippen LogP contribution in [0.25, 0.3) is 0 Å². The molecule has 6 saturated carbocycles. The maximum Gasteiger partial charge on any atom is 0.306 e. The Morgan fingerprint density at radius 1 is 0.966 bits per heavy atom. The summed E-state index contributed by atoms with van der Waals surface area (Å²) in [7, 11) is 0. The van der Waals surface area contributed by atoms with Gasteiger partial charge in [-0.2, -0.15) is 0 Å². The molecule has 7 fully saturated rings. The van der Waals surface area contributed by atoms with Gasteiger partial charge < -0.3 is 4.74 Å². The number of allylic oxidation sites excluding steroid dienone is 1. The van der Waals surface area contributed by atoms with Gasteiger partial charge in [-0.3, -0.25) is 9.59 Å². The van der Waals surface area contributed by atoms with E-state index in [1.54, 1.807) is 5.57 Å².